The van der Waals surface area contributed by atoms with E-state index in [0.29, 0.717) is 10.2 Å². The predicted molar refractivity (Wildman–Crippen MR) is 81.7 cm³/mol. The molecule has 2 N–H and O–H groups in total. The van der Waals surface area contributed by atoms with E-state index in [4.69, 9.17) is 5.11 Å². The van der Waals surface area contributed by atoms with E-state index < -0.39 is 30.5 Å². The first kappa shape index (κ1) is 17.6. The van der Waals surface area contributed by atoms with Gasteiger partial charge in [-0.3, -0.25) is 4.79 Å². The molecule has 0 radical (unpaired) electrons. The molecule has 0 aromatic carbocycles. The molecule has 1 aliphatic heterocycles. The third kappa shape index (κ3) is 4.37. The van der Waals surface area contributed by atoms with Gasteiger partial charge in [0.2, 0.25) is 0 Å². The highest BCUT2D eigenvalue weighted by molar-refractivity contribution is 9.10. The van der Waals surface area contributed by atoms with Crippen molar-refractivity contribution in [2.24, 2.45) is 0 Å². The van der Waals surface area contributed by atoms with Crippen molar-refractivity contribution in [3.05, 3.63) is 28.0 Å². The number of carbonyl (C=O) groups excluding carboxylic acids is 1. The summed E-state index contributed by atoms with van der Waals surface area (Å²) in [4.78, 5) is 28.4. The fourth-order valence-electron chi connectivity index (χ4n) is 2.53. The van der Waals surface area contributed by atoms with Crippen LogP contribution >= 0.6 is 15.9 Å². The van der Waals surface area contributed by atoms with E-state index in [9.17, 15) is 18.4 Å². The molecule has 2 amide bonds. The second-order valence-electron chi connectivity index (χ2n) is 5.49. The predicted octanol–water partition coefficient (Wildman–Crippen LogP) is 2.66. The van der Waals surface area contributed by atoms with Crippen LogP contribution in [0.15, 0.2) is 16.9 Å². The van der Waals surface area contributed by atoms with Crippen molar-refractivity contribution in [3.63, 3.8) is 0 Å². The van der Waals surface area contributed by atoms with Gasteiger partial charge < -0.3 is 15.3 Å². The summed E-state index contributed by atoms with van der Waals surface area (Å²) in [5.41, 5.74) is 0.835. The Morgan fingerprint density at radius 1 is 1.57 bits per heavy atom. The van der Waals surface area contributed by atoms with E-state index in [2.05, 4.69) is 26.2 Å². The second-order valence-corrected chi connectivity index (χ2v) is 6.30. The number of halogens is 3. The minimum atomic E-state index is -2.98. The molecule has 0 unspecified atom stereocenters. The number of likely N-dealkylation sites (tertiary alicyclic amines) is 1. The number of amides is 2. The van der Waals surface area contributed by atoms with Gasteiger partial charge in [-0.25, -0.2) is 18.6 Å². The highest BCUT2D eigenvalue weighted by atomic mass is 79.9. The Balaban J connectivity index is 2.27. The average Bonchev–Trinajstić information content (AvgIpc) is 2.47. The largest absolute Gasteiger partial charge is 0.465 e. The molecule has 2 heterocycles. The number of aromatic nitrogens is 1. The molecule has 6 nitrogen and oxygen atoms in total. The molecule has 1 aliphatic rings. The van der Waals surface area contributed by atoms with Gasteiger partial charge in [-0.1, -0.05) is 0 Å². The van der Waals surface area contributed by atoms with Gasteiger partial charge in [-0.15, -0.1) is 0 Å². The first-order valence-corrected chi connectivity index (χ1v) is 7.76. The van der Waals surface area contributed by atoms with Crippen LogP contribution in [-0.2, 0) is 0 Å². The molecule has 1 fully saturated rings. The van der Waals surface area contributed by atoms with Crippen LogP contribution in [0.3, 0.4) is 0 Å². The summed E-state index contributed by atoms with van der Waals surface area (Å²) in [5, 5.41) is 10.9. The van der Waals surface area contributed by atoms with Crippen LogP contribution in [0.1, 0.15) is 28.8 Å². The number of nitrogens with one attached hydrogen (secondary N) is 1. The first-order chi connectivity index (χ1) is 10.7. The highest BCUT2D eigenvalue weighted by Crippen LogP contribution is 2.31. The van der Waals surface area contributed by atoms with Crippen molar-refractivity contribution in [2.45, 2.75) is 31.7 Å². The summed E-state index contributed by atoms with van der Waals surface area (Å²) in [6, 6.07) is 0.871. The van der Waals surface area contributed by atoms with E-state index in [0.717, 1.165) is 4.90 Å². The van der Waals surface area contributed by atoms with Crippen LogP contribution in [0.2, 0.25) is 0 Å². The van der Waals surface area contributed by atoms with Crippen LogP contribution in [0.4, 0.5) is 13.6 Å². The number of carboxylic acid groups (broad SMARTS) is 1. The third-order valence-electron chi connectivity index (χ3n) is 3.74. The molecule has 1 aromatic rings. The van der Waals surface area contributed by atoms with Gasteiger partial charge in [0.25, 0.3) is 11.8 Å². The molecular weight excluding hydrogens is 376 g/mol. The number of piperidine rings is 1. The summed E-state index contributed by atoms with van der Waals surface area (Å²) < 4.78 is 27.9. The Morgan fingerprint density at radius 3 is 2.91 bits per heavy atom. The Morgan fingerprint density at radius 2 is 2.26 bits per heavy atom. The molecule has 0 bridgehead atoms. The quantitative estimate of drug-likeness (QED) is 0.775. The van der Waals surface area contributed by atoms with E-state index in [1.54, 1.807) is 6.92 Å². The highest BCUT2D eigenvalue weighted by Gasteiger charge is 2.42. The summed E-state index contributed by atoms with van der Waals surface area (Å²) in [5.74, 6) is -3.53. The number of hydrogen-bond acceptors (Lipinski definition) is 3. The van der Waals surface area contributed by atoms with E-state index in [1.165, 1.54) is 12.3 Å². The van der Waals surface area contributed by atoms with Crippen LogP contribution in [0, 0.1) is 6.92 Å². The van der Waals surface area contributed by atoms with Gasteiger partial charge in [0.15, 0.2) is 0 Å². The van der Waals surface area contributed by atoms with Crippen LogP contribution in [0.25, 0.3) is 0 Å². The smallest absolute Gasteiger partial charge is 0.404 e. The van der Waals surface area contributed by atoms with Gasteiger partial charge in [-0.05, 0) is 40.9 Å². The van der Waals surface area contributed by atoms with Crippen molar-refractivity contribution >= 4 is 27.9 Å². The number of alkyl halides is 2. The van der Waals surface area contributed by atoms with E-state index >= 15 is 0 Å². The zero-order chi connectivity index (χ0) is 17.2. The molecule has 2 rings (SSSR count). The number of aryl methyl sites for hydroxylation is 1. The lowest BCUT2D eigenvalue weighted by atomic mass is 9.97. The van der Waals surface area contributed by atoms with E-state index in [1.807, 2.05) is 0 Å². The molecule has 0 spiro atoms. The van der Waals surface area contributed by atoms with Gasteiger partial charge in [-0.2, -0.15) is 0 Å². The lowest BCUT2D eigenvalue weighted by Crippen LogP contribution is -2.55. The number of rotatable bonds is 3. The maximum absolute atomic E-state index is 13.7. The number of nitrogens with zero attached hydrogens (tertiary/aromatic N) is 2. The van der Waals surface area contributed by atoms with Gasteiger partial charge >= 0.3 is 6.09 Å². The molecule has 1 atom stereocenters. The fraction of sp³-hybridized carbons (Fsp3) is 0.500. The summed E-state index contributed by atoms with van der Waals surface area (Å²) in [6.07, 6.45) is -0.117. The van der Waals surface area contributed by atoms with Crippen molar-refractivity contribution < 1.29 is 23.5 Å². The van der Waals surface area contributed by atoms with Gasteiger partial charge in [0.05, 0.1) is 6.54 Å². The molecule has 1 aromatic heterocycles. The minimum absolute atomic E-state index is 0.0321. The van der Waals surface area contributed by atoms with Crippen molar-refractivity contribution in [3.8, 4) is 0 Å². The zero-order valence-corrected chi connectivity index (χ0v) is 13.9. The monoisotopic (exact) mass is 391 g/mol. The maximum Gasteiger partial charge on any atom is 0.404 e. The molecule has 126 valence electrons. The summed E-state index contributed by atoms with van der Waals surface area (Å²) in [7, 11) is 0. The molecule has 23 heavy (non-hydrogen) atoms. The molecule has 0 saturated carbocycles. The topological polar surface area (TPSA) is 82.5 Å². The Kier molecular flexibility index (Phi) is 5.18. The fourth-order valence-corrected chi connectivity index (χ4v) is 2.86. The molecule has 9 heteroatoms. The Hall–Kier alpha value is -1.77. The Labute approximate surface area is 140 Å². The van der Waals surface area contributed by atoms with Crippen molar-refractivity contribution in [2.75, 3.05) is 13.1 Å². The second kappa shape index (κ2) is 6.77. The summed E-state index contributed by atoms with van der Waals surface area (Å²) >= 11 is 3.16. The summed E-state index contributed by atoms with van der Waals surface area (Å²) in [6.45, 7) is 0.860. The van der Waals surface area contributed by atoms with E-state index in [-0.39, 0.29) is 24.9 Å². The van der Waals surface area contributed by atoms with Crippen LogP contribution < -0.4 is 5.32 Å². The molecule has 1 saturated heterocycles. The average molecular weight is 392 g/mol. The SMILES string of the molecule is Cc1cnc(Br)cc1C(=O)N1CC(F)(F)CC[C@@H]1CNC(=O)O. The van der Waals surface area contributed by atoms with Crippen LogP contribution in [0.5, 0.6) is 0 Å². The lowest BCUT2D eigenvalue weighted by Gasteiger charge is -2.39. The maximum atomic E-state index is 13.7. The number of hydrogen-bond donors (Lipinski definition) is 2. The van der Waals surface area contributed by atoms with Crippen molar-refractivity contribution in [1.82, 2.24) is 15.2 Å². The number of carbonyl (C=O) groups is 2. The standard InChI is InChI=1S/C14H16BrF2N3O3/c1-8-5-18-11(15)4-10(8)12(21)20-7-14(16,17)3-2-9(20)6-19-13(22)23/h4-5,9,19H,2-3,6-7H2,1H3,(H,22,23)/t9-/m1/s1. The van der Waals surface area contributed by atoms with Gasteiger partial charge in [0, 0.05) is 30.8 Å². The Bertz CT molecular complexity index is 627. The van der Waals surface area contributed by atoms with Gasteiger partial charge in [0.1, 0.15) is 4.60 Å². The normalized spacial score (nSPS) is 20.2. The van der Waals surface area contributed by atoms with Crippen molar-refractivity contribution in [1.29, 1.82) is 0 Å². The third-order valence-corrected chi connectivity index (χ3v) is 4.17. The minimum Gasteiger partial charge on any atom is -0.465 e. The number of pyridine rings is 1. The lowest BCUT2D eigenvalue weighted by molar-refractivity contribution is -0.0714. The zero-order valence-electron chi connectivity index (χ0n) is 12.4. The molecule has 0 aliphatic carbocycles. The first-order valence-electron chi connectivity index (χ1n) is 6.97. The van der Waals surface area contributed by atoms with Crippen LogP contribution in [-0.4, -0.2) is 52.0 Å². The molecular formula is C14H16BrF2N3O3.